The maximum absolute atomic E-state index is 5.79. The molecule has 1 heterocycles. The minimum absolute atomic E-state index is 0. The van der Waals surface area contributed by atoms with Crippen molar-refractivity contribution in [3.8, 4) is 16.9 Å². The fourth-order valence-corrected chi connectivity index (χ4v) is 3.65. The minimum atomic E-state index is 0. The molecule has 0 bridgehead atoms. The second-order valence-corrected chi connectivity index (χ2v) is 7.48. The van der Waals surface area contributed by atoms with Gasteiger partial charge in [0.05, 0.1) is 6.61 Å². The van der Waals surface area contributed by atoms with Crippen molar-refractivity contribution < 1.29 is 4.74 Å². The first-order chi connectivity index (χ1) is 13.8. The summed E-state index contributed by atoms with van der Waals surface area (Å²) in [5.41, 5.74) is 6.40. The summed E-state index contributed by atoms with van der Waals surface area (Å²) in [4.78, 5) is 2.32. The van der Waals surface area contributed by atoms with E-state index in [4.69, 9.17) is 4.74 Å². The molecular weight excluding hydrogens is 378 g/mol. The third-order valence-corrected chi connectivity index (χ3v) is 5.18. The van der Waals surface area contributed by atoms with Crippen LogP contribution in [0.15, 0.2) is 78.9 Å². The Balaban J connectivity index is 0.00000240. The van der Waals surface area contributed by atoms with Crippen LogP contribution in [0.25, 0.3) is 17.2 Å². The molecule has 0 saturated heterocycles. The van der Waals surface area contributed by atoms with Gasteiger partial charge in [-0.1, -0.05) is 78.9 Å². The quantitative estimate of drug-likeness (QED) is 0.480. The van der Waals surface area contributed by atoms with Crippen molar-refractivity contribution in [3.63, 3.8) is 0 Å². The molecule has 0 aromatic heterocycles. The zero-order valence-electron chi connectivity index (χ0n) is 16.9. The Morgan fingerprint density at radius 2 is 1.69 bits per heavy atom. The number of rotatable bonds is 6. The molecule has 3 aromatic carbocycles. The van der Waals surface area contributed by atoms with Gasteiger partial charge >= 0.3 is 0 Å². The molecular formula is C26H28ClNO. The summed E-state index contributed by atoms with van der Waals surface area (Å²) < 4.78 is 5.79. The second-order valence-electron chi connectivity index (χ2n) is 7.48. The van der Waals surface area contributed by atoms with E-state index in [0.717, 1.165) is 38.3 Å². The number of nitrogens with zero attached hydrogens (tertiary/aromatic N) is 1. The number of fused-ring (bicyclic) bond motifs is 1. The van der Waals surface area contributed by atoms with Crippen LogP contribution in [-0.2, 0) is 13.0 Å². The molecule has 0 amide bonds. The lowest BCUT2D eigenvalue weighted by Crippen LogP contribution is -2.18. The molecule has 3 aromatic rings. The first-order valence-corrected chi connectivity index (χ1v) is 10.0. The van der Waals surface area contributed by atoms with E-state index in [-0.39, 0.29) is 12.4 Å². The van der Waals surface area contributed by atoms with Gasteiger partial charge in [-0.2, -0.15) is 0 Å². The molecule has 0 fully saturated rings. The molecule has 0 aliphatic carbocycles. The van der Waals surface area contributed by atoms with Gasteiger partial charge in [0.2, 0.25) is 0 Å². The van der Waals surface area contributed by atoms with E-state index in [9.17, 15) is 0 Å². The molecule has 1 aliphatic rings. The highest BCUT2D eigenvalue weighted by Crippen LogP contribution is 2.26. The molecule has 3 heteroatoms. The van der Waals surface area contributed by atoms with Gasteiger partial charge in [-0.15, -0.1) is 12.4 Å². The lowest BCUT2D eigenvalue weighted by atomic mass is 10.0. The highest BCUT2D eigenvalue weighted by molar-refractivity contribution is 5.85. The maximum Gasteiger partial charge on any atom is 0.122 e. The van der Waals surface area contributed by atoms with Crippen LogP contribution in [-0.4, -0.2) is 25.1 Å². The zero-order chi connectivity index (χ0) is 19.2. The number of aryl methyl sites for hydroxylation is 1. The normalized spacial score (nSPS) is 13.0. The lowest BCUT2D eigenvalue weighted by Gasteiger charge is -2.20. The summed E-state index contributed by atoms with van der Waals surface area (Å²) in [6.45, 7) is 2.68. The second kappa shape index (κ2) is 10.3. The van der Waals surface area contributed by atoms with Crippen molar-refractivity contribution in [2.24, 2.45) is 0 Å². The summed E-state index contributed by atoms with van der Waals surface area (Å²) in [7, 11) is 2.16. The molecule has 0 unspecified atom stereocenters. The third-order valence-electron chi connectivity index (χ3n) is 5.18. The predicted molar refractivity (Wildman–Crippen MR) is 125 cm³/mol. The number of benzene rings is 3. The smallest absolute Gasteiger partial charge is 0.122 e. The largest absolute Gasteiger partial charge is 0.493 e. The molecule has 0 spiro atoms. The van der Waals surface area contributed by atoms with Crippen molar-refractivity contribution in [1.29, 1.82) is 0 Å². The van der Waals surface area contributed by atoms with E-state index < -0.39 is 0 Å². The van der Waals surface area contributed by atoms with Gasteiger partial charge in [0, 0.05) is 13.1 Å². The van der Waals surface area contributed by atoms with E-state index in [1.165, 1.54) is 27.8 Å². The lowest BCUT2D eigenvalue weighted by molar-refractivity contribution is 0.287. The molecule has 29 heavy (non-hydrogen) atoms. The van der Waals surface area contributed by atoms with Gasteiger partial charge in [0.1, 0.15) is 5.75 Å². The summed E-state index contributed by atoms with van der Waals surface area (Å²) in [6.07, 6.45) is 6.69. The number of hydrogen-bond acceptors (Lipinski definition) is 2. The van der Waals surface area contributed by atoms with Crippen molar-refractivity contribution in [2.45, 2.75) is 19.4 Å². The molecule has 0 saturated carbocycles. The van der Waals surface area contributed by atoms with Gasteiger partial charge in [-0.3, -0.25) is 4.90 Å². The van der Waals surface area contributed by atoms with E-state index in [1.54, 1.807) is 0 Å². The van der Waals surface area contributed by atoms with Crippen LogP contribution in [0.5, 0.6) is 5.75 Å². The summed E-state index contributed by atoms with van der Waals surface area (Å²) in [5, 5.41) is 0. The van der Waals surface area contributed by atoms with E-state index in [1.807, 2.05) is 6.07 Å². The van der Waals surface area contributed by atoms with Crippen LogP contribution < -0.4 is 4.74 Å². The predicted octanol–water partition coefficient (Wildman–Crippen LogP) is 6.25. The van der Waals surface area contributed by atoms with Crippen LogP contribution in [0, 0.1) is 0 Å². The Bertz CT molecular complexity index is 935. The average Bonchev–Trinajstić information content (AvgIpc) is 2.75. The number of likely N-dealkylation sites (N-methyl/N-ethyl adjacent to an activating group) is 1. The number of ether oxygens (including phenoxy) is 1. The van der Waals surface area contributed by atoms with Crippen LogP contribution >= 0.6 is 12.4 Å². The summed E-state index contributed by atoms with van der Waals surface area (Å²) in [6, 6.07) is 25.9. The van der Waals surface area contributed by atoms with E-state index >= 15 is 0 Å². The highest BCUT2D eigenvalue weighted by Gasteiger charge is 2.11. The number of halogens is 1. The van der Waals surface area contributed by atoms with Gasteiger partial charge in [-0.25, -0.2) is 0 Å². The average molecular weight is 406 g/mol. The standard InChI is InChI=1S/C26H27NO.ClH/c1-27(20-22-13-16-25-10-6-18-28-26(25)19-22)17-5-7-21-11-14-24(15-12-21)23-8-3-2-4-9-23;/h2-5,7-9,11-16,19H,6,10,17-18,20H2,1H3;1H/b7-5+;. The molecule has 150 valence electrons. The fraction of sp³-hybridized carbons (Fsp3) is 0.231. The van der Waals surface area contributed by atoms with Gasteiger partial charge in [0.15, 0.2) is 0 Å². The van der Waals surface area contributed by atoms with Gasteiger partial charge in [0.25, 0.3) is 0 Å². The molecule has 4 rings (SSSR count). The maximum atomic E-state index is 5.79. The van der Waals surface area contributed by atoms with Gasteiger partial charge < -0.3 is 4.74 Å². The third kappa shape index (κ3) is 5.72. The first-order valence-electron chi connectivity index (χ1n) is 10.0. The van der Waals surface area contributed by atoms with Crippen molar-refractivity contribution >= 4 is 18.5 Å². The molecule has 0 radical (unpaired) electrons. The van der Waals surface area contributed by atoms with Crippen molar-refractivity contribution in [2.75, 3.05) is 20.2 Å². The highest BCUT2D eigenvalue weighted by atomic mass is 35.5. The van der Waals surface area contributed by atoms with Gasteiger partial charge in [-0.05, 0) is 53.8 Å². The molecule has 0 atom stereocenters. The van der Waals surface area contributed by atoms with Crippen molar-refractivity contribution in [3.05, 3.63) is 95.6 Å². The summed E-state index contributed by atoms with van der Waals surface area (Å²) >= 11 is 0. The van der Waals surface area contributed by atoms with Crippen LogP contribution in [0.3, 0.4) is 0 Å². The molecule has 2 nitrogen and oxygen atoms in total. The topological polar surface area (TPSA) is 12.5 Å². The Morgan fingerprint density at radius 1 is 0.931 bits per heavy atom. The first kappa shape index (κ1) is 21.2. The van der Waals surface area contributed by atoms with E-state index in [2.05, 4.69) is 90.8 Å². The van der Waals surface area contributed by atoms with E-state index in [0.29, 0.717) is 0 Å². The van der Waals surface area contributed by atoms with Crippen LogP contribution in [0.4, 0.5) is 0 Å². The minimum Gasteiger partial charge on any atom is -0.493 e. The molecule has 1 aliphatic heterocycles. The Hall–Kier alpha value is -2.55. The Labute approximate surface area is 180 Å². The Kier molecular flexibility index (Phi) is 7.51. The SMILES string of the molecule is CN(C/C=C/c1ccc(-c2ccccc2)cc1)Cc1ccc2c(c1)OCCC2.Cl. The monoisotopic (exact) mass is 405 g/mol. The Morgan fingerprint density at radius 3 is 2.48 bits per heavy atom. The van der Waals surface area contributed by atoms with Crippen molar-refractivity contribution in [1.82, 2.24) is 4.90 Å². The van der Waals surface area contributed by atoms with Crippen LogP contribution in [0.2, 0.25) is 0 Å². The molecule has 0 N–H and O–H groups in total. The van der Waals surface area contributed by atoms with Crippen LogP contribution in [0.1, 0.15) is 23.1 Å². The zero-order valence-corrected chi connectivity index (χ0v) is 17.7. The number of hydrogen-bond donors (Lipinski definition) is 0. The fourth-order valence-electron chi connectivity index (χ4n) is 3.65. The summed E-state index contributed by atoms with van der Waals surface area (Å²) in [5.74, 6) is 1.08.